The minimum Gasteiger partial charge on any atom is -0.479 e. The second kappa shape index (κ2) is 13.5. The van der Waals surface area contributed by atoms with Gasteiger partial charge < -0.3 is 25.5 Å². The number of aromatic amines is 1. The number of hydrogen-bond acceptors (Lipinski definition) is 9. The molecule has 1 amide bonds. The number of carboxylic acids is 1. The molecule has 3 aromatic carbocycles. The van der Waals surface area contributed by atoms with Crippen molar-refractivity contribution in [2.75, 3.05) is 24.3 Å². The lowest BCUT2D eigenvalue weighted by molar-refractivity contribution is -0.138. The first-order valence-corrected chi connectivity index (χ1v) is 15.0. The van der Waals surface area contributed by atoms with Crippen LogP contribution >= 0.6 is 0 Å². The van der Waals surface area contributed by atoms with Crippen LogP contribution in [0.1, 0.15) is 36.6 Å². The third-order valence-electron chi connectivity index (χ3n) is 6.74. The Hall–Kier alpha value is -4.75. The number of benzene rings is 3. The number of aromatic nitrogens is 2. The van der Waals surface area contributed by atoms with Gasteiger partial charge in [-0.15, -0.1) is 0 Å². The standard InChI is InChI=1S/C30H33N5O7S/c1-18(2)43(40,41)26-11-9-22(14-21(26)16-31-3)35-30(39)42-13-12-19-4-6-20(7-5-19)27(29(37)38)34-23-8-10-25-24(15-23)28(36)33-17-32-25/h4-11,14-15,17-18,27,31,34H,12-13,16H2,1-3H3,(H,35,39)(H,37,38)(H,32,33,36). The molecular weight excluding hydrogens is 574 g/mol. The molecule has 5 N–H and O–H groups in total. The molecule has 1 aromatic heterocycles. The summed E-state index contributed by atoms with van der Waals surface area (Å²) in [5, 5.41) is 18.1. The van der Waals surface area contributed by atoms with E-state index in [0.29, 0.717) is 46.4 Å². The molecule has 12 nitrogen and oxygen atoms in total. The van der Waals surface area contributed by atoms with Crippen LogP contribution < -0.4 is 21.5 Å². The number of nitrogens with zero attached hydrogens (tertiary/aromatic N) is 1. The number of anilines is 2. The molecule has 0 aliphatic carbocycles. The van der Waals surface area contributed by atoms with Crippen LogP contribution in [0.25, 0.3) is 10.9 Å². The third-order valence-corrected chi connectivity index (χ3v) is 8.99. The quantitative estimate of drug-likeness (QED) is 0.159. The highest BCUT2D eigenvalue weighted by Crippen LogP contribution is 2.25. The summed E-state index contributed by atoms with van der Waals surface area (Å²) in [7, 11) is -1.79. The number of sulfone groups is 1. The van der Waals surface area contributed by atoms with Gasteiger partial charge in [0.1, 0.15) is 0 Å². The van der Waals surface area contributed by atoms with E-state index in [0.717, 1.165) is 5.56 Å². The number of ether oxygens (including phenoxy) is 1. The van der Waals surface area contributed by atoms with E-state index in [4.69, 9.17) is 4.74 Å². The maximum absolute atomic E-state index is 12.7. The zero-order chi connectivity index (χ0) is 31.1. The molecule has 13 heteroatoms. The van der Waals surface area contributed by atoms with E-state index in [-0.39, 0.29) is 17.1 Å². The fourth-order valence-corrected chi connectivity index (χ4v) is 5.68. The lowest BCUT2D eigenvalue weighted by atomic mass is 10.0. The Kier molecular flexibility index (Phi) is 9.78. The van der Waals surface area contributed by atoms with Gasteiger partial charge in [0.05, 0.1) is 34.0 Å². The van der Waals surface area contributed by atoms with E-state index in [9.17, 15) is 27.9 Å². The summed E-state index contributed by atoms with van der Waals surface area (Å²) in [5.74, 6) is -1.10. The van der Waals surface area contributed by atoms with Gasteiger partial charge in [-0.05, 0) is 74.0 Å². The molecule has 1 atom stereocenters. The minimum absolute atomic E-state index is 0.0641. The first-order chi connectivity index (χ1) is 20.5. The van der Waals surface area contributed by atoms with E-state index in [1.165, 1.54) is 18.5 Å². The Morgan fingerprint density at radius 3 is 2.42 bits per heavy atom. The molecule has 1 unspecified atom stereocenters. The highest BCUT2D eigenvalue weighted by Gasteiger charge is 2.23. The average molecular weight is 608 g/mol. The molecule has 0 spiro atoms. The number of amides is 1. The first-order valence-electron chi connectivity index (χ1n) is 13.5. The number of hydrogen-bond donors (Lipinski definition) is 5. The molecule has 0 saturated heterocycles. The number of carbonyl (C=O) groups excluding carboxylic acids is 1. The Morgan fingerprint density at radius 1 is 1.02 bits per heavy atom. The van der Waals surface area contributed by atoms with Crippen molar-refractivity contribution in [3.05, 3.63) is 94.0 Å². The molecule has 0 radical (unpaired) electrons. The smallest absolute Gasteiger partial charge is 0.411 e. The zero-order valence-electron chi connectivity index (χ0n) is 23.9. The molecule has 226 valence electrons. The SMILES string of the molecule is CNCc1cc(NC(=O)OCCc2ccc(C(Nc3ccc4nc[nH]c(=O)c4c3)C(=O)O)cc2)ccc1S(=O)(=O)C(C)C. The van der Waals surface area contributed by atoms with Gasteiger partial charge in [0.15, 0.2) is 15.9 Å². The van der Waals surface area contributed by atoms with Crippen LogP contribution in [0.15, 0.2) is 76.7 Å². The van der Waals surface area contributed by atoms with E-state index >= 15 is 0 Å². The van der Waals surface area contributed by atoms with Gasteiger partial charge in [-0.2, -0.15) is 0 Å². The molecule has 0 bridgehead atoms. The summed E-state index contributed by atoms with van der Waals surface area (Å²) in [5.41, 5.74) is 2.88. The zero-order valence-corrected chi connectivity index (χ0v) is 24.7. The highest BCUT2D eigenvalue weighted by atomic mass is 32.2. The van der Waals surface area contributed by atoms with Gasteiger partial charge in [0, 0.05) is 24.3 Å². The highest BCUT2D eigenvalue weighted by molar-refractivity contribution is 7.92. The number of carboxylic acid groups (broad SMARTS) is 1. The van der Waals surface area contributed by atoms with E-state index in [2.05, 4.69) is 25.9 Å². The van der Waals surface area contributed by atoms with Gasteiger partial charge in [0.2, 0.25) is 0 Å². The monoisotopic (exact) mass is 607 g/mol. The number of aliphatic carboxylic acids is 1. The summed E-state index contributed by atoms with van der Waals surface area (Å²) in [4.78, 5) is 43.3. The van der Waals surface area contributed by atoms with E-state index in [1.54, 1.807) is 69.4 Å². The summed E-state index contributed by atoms with van der Waals surface area (Å²) in [6.45, 7) is 3.60. The lowest BCUT2D eigenvalue weighted by Gasteiger charge is -2.17. The molecule has 0 aliphatic heterocycles. The van der Waals surface area contributed by atoms with E-state index in [1.807, 2.05) is 0 Å². The molecule has 0 fully saturated rings. The Balaban J connectivity index is 1.35. The number of nitrogens with one attached hydrogen (secondary N) is 4. The van der Waals surface area contributed by atoms with Crippen molar-refractivity contribution < 1.29 is 27.9 Å². The van der Waals surface area contributed by atoms with Gasteiger partial charge in [-0.3, -0.25) is 10.1 Å². The fourth-order valence-electron chi connectivity index (χ4n) is 4.42. The number of rotatable bonds is 12. The number of fused-ring (bicyclic) bond motifs is 1. The summed E-state index contributed by atoms with van der Waals surface area (Å²) in [6, 6.07) is 15.2. The van der Waals surface area contributed by atoms with Crippen molar-refractivity contribution in [1.82, 2.24) is 15.3 Å². The van der Waals surface area contributed by atoms with Crippen molar-refractivity contribution in [3.63, 3.8) is 0 Å². The van der Waals surface area contributed by atoms with Crippen molar-refractivity contribution >= 4 is 44.2 Å². The Morgan fingerprint density at radius 2 is 1.74 bits per heavy atom. The van der Waals surface area contributed by atoms with Gasteiger partial charge in [0.25, 0.3) is 5.56 Å². The summed E-state index contributed by atoms with van der Waals surface area (Å²) in [6.07, 6.45) is 1.00. The number of carbonyl (C=O) groups is 2. The molecule has 1 heterocycles. The molecule has 4 aromatic rings. The molecule has 0 aliphatic rings. The molecule has 0 saturated carbocycles. The minimum atomic E-state index is -3.49. The average Bonchev–Trinajstić information content (AvgIpc) is 2.97. The third kappa shape index (κ3) is 7.56. The van der Waals surface area contributed by atoms with E-state index < -0.39 is 33.2 Å². The Bertz CT molecular complexity index is 1790. The van der Waals surface area contributed by atoms with Crippen LogP contribution in [-0.2, 0) is 32.3 Å². The molecule has 43 heavy (non-hydrogen) atoms. The summed E-state index contributed by atoms with van der Waals surface area (Å²) >= 11 is 0. The number of H-pyrrole nitrogens is 1. The second-order valence-corrected chi connectivity index (χ2v) is 12.6. The molecule has 4 rings (SSSR count). The first kappa shape index (κ1) is 31.2. The largest absolute Gasteiger partial charge is 0.479 e. The van der Waals surface area contributed by atoms with Crippen molar-refractivity contribution in [1.29, 1.82) is 0 Å². The van der Waals surface area contributed by atoms with Crippen LogP contribution in [0.2, 0.25) is 0 Å². The predicted molar refractivity (Wildman–Crippen MR) is 163 cm³/mol. The summed E-state index contributed by atoms with van der Waals surface area (Å²) < 4.78 is 30.7. The van der Waals surface area contributed by atoms with Crippen LogP contribution in [0.3, 0.4) is 0 Å². The lowest BCUT2D eigenvalue weighted by Crippen LogP contribution is -2.21. The Labute approximate surface area is 248 Å². The van der Waals surface area contributed by atoms with Crippen LogP contribution in [-0.4, -0.2) is 54.5 Å². The second-order valence-electron chi connectivity index (χ2n) is 10.1. The van der Waals surface area contributed by atoms with Gasteiger partial charge >= 0.3 is 12.1 Å². The molecular formula is C30H33N5O7S. The maximum atomic E-state index is 12.7. The normalized spacial score (nSPS) is 12.2. The predicted octanol–water partition coefficient (Wildman–Crippen LogP) is 3.85. The van der Waals surface area contributed by atoms with Crippen molar-refractivity contribution in [2.24, 2.45) is 0 Å². The van der Waals surface area contributed by atoms with Gasteiger partial charge in [-0.1, -0.05) is 24.3 Å². The van der Waals surface area contributed by atoms with Crippen LogP contribution in [0.4, 0.5) is 16.2 Å². The van der Waals surface area contributed by atoms with Crippen molar-refractivity contribution in [3.8, 4) is 0 Å². The van der Waals surface area contributed by atoms with Gasteiger partial charge in [-0.25, -0.2) is 23.0 Å². The van der Waals surface area contributed by atoms with Crippen LogP contribution in [0.5, 0.6) is 0 Å². The topological polar surface area (TPSA) is 180 Å². The van der Waals surface area contributed by atoms with Crippen LogP contribution in [0, 0.1) is 0 Å². The maximum Gasteiger partial charge on any atom is 0.411 e. The van der Waals surface area contributed by atoms with Crippen molar-refractivity contribution in [2.45, 2.75) is 43.0 Å². The fraction of sp³-hybridized carbons (Fsp3) is 0.267.